The molecule has 4 nitrogen and oxygen atoms in total. The molecule has 0 radical (unpaired) electrons. The van der Waals surface area contributed by atoms with Gasteiger partial charge in [-0.3, -0.25) is 4.79 Å². The lowest BCUT2D eigenvalue weighted by Gasteiger charge is -2.26. The molecule has 0 spiro atoms. The number of hydrogen-bond acceptors (Lipinski definition) is 3. The second kappa shape index (κ2) is 3.69. The van der Waals surface area contributed by atoms with Gasteiger partial charge in [-0.15, -0.1) is 0 Å². The summed E-state index contributed by atoms with van der Waals surface area (Å²) < 4.78 is 0. The largest absolute Gasteiger partial charge is 0.481 e. The summed E-state index contributed by atoms with van der Waals surface area (Å²) in [5.41, 5.74) is 5.41. The predicted octanol–water partition coefficient (Wildman–Crippen LogP) is -0.602. The van der Waals surface area contributed by atoms with Crippen LogP contribution in [-0.4, -0.2) is 30.2 Å². The van der Waals surface area contributed by atoms with Crippen LogP contribution in [0.3, 0.4) is 0 Å². The SMILES string of the molecule is NCC1CC(C(=O)O)CCN1. The van der Waals surface area contributed by atoms with Crippen LogP contribution in [0.25, 0.3) is 0 Å². The lowest BCUT2D eigenvalue weighted by atomic mass is 9.93. The van der Waals surface area contributed by atoms with Gasteiger partial charge in [-0.2, -0.15) is 0 Å². The molecule has 1 saturated heterocycles. The first-order valence-electron chi connectivity index (χ1n) is 3.90. The van der Waals surface area contributed by atoms with Crippen molar-refractivity contribution in [3.8, 4) is 0 Å². The molecule has 11 heavy (non-hydrogen) atoms. The Morgan fingerprint density at radius 2 is 2.45 bits per heavy atom. The minimum absolute atomic E-state index is 0.190. The summed E-state index contributed by atoms with van der Waals surface area (Å²) in [5, 5.41) is 11.8. The first-order valence-corrected chi connectivity index (χ1v) is 3.90. The molecule has 0 aromatic heterocycles. The number of rotatable bonds is 2. The Hall–Kier alpha value is -0.610. The standard InChI is InChI=1S/C7H14N2O2/c8-4-6-3-5(7(10)11)1-2-9-6/h5-6,9H,1-4,8H2,(H,10,11). The maximum Gasteiger partial charge on any atom is 0.306 e. The van der Waals surface area contributed by atoms with E-state index in [9.17, 15) is 4.79 Å². The van der Waals surface area contributed by atoms with Gasteiger partial charge in [0.2, 0.25) is 0 Å². The Labute approximate surface area is 65.8 Å². The van der Waals surface area contributed by atoms with E-state index in [0.717, 1.165) is 13.0 Å². The van der Waals surface area contributed by atoms with Crippen molar-refractivity contribution in [1.29, 1.82) is 0 Å². The van der Waals surface area contributed by atoms with E-state index in [2.05, 4.69) is 5.32 Å². The Bertz CT molecular complexity index is 149. The van der Waals surface area contributed by atoms with Crippen molar-refractivity contribution in [1.82, 2.24) is 5.32 Å². The molecule has 1 heterocycles. The zero-order valence-corrected chi connectivity index (χ0v) is 6.42. The third-order valence-corrected chi connectivity index (χ3v) is 2.13. The number of carbonyl (C=O) groups is 1. The number of carboxylic acid groups (broad SMARTS) is 1. The van der Waals surface area contributed by atoms with Crippen molar-refractivity contribution in [2.75, 3.05) is 13.1 Å². The van der Waals surface area contributed by atoms with Crippen molar-refractivity contribution in [3.05, 3.63) is 0 Å². The maximum atomic E-state index is 10.5. The fourth-order valence-electron chi connectivity index (χ4n) is 1.41. The zero-order valence-electron chi connectivity index (χ0n) is 6.42. The van der Waals surface area contributed by atoms with Crippen molar-refractivity contribution in [2.45, 2.75) is 18.9 Å². The van der Waals surface area contributed by atoms with Crippen molar-refractivity contribution >= 4 is 5.97 Å². The van der Waals surface area contributed by atoms with E-state index in [0.29, 0.717) is 13.0 Å². The number of hydrogen-bond donors (Lipinski definition) is 3. The lowest BCUT2D eigenvalue weighted by molar-refractivity contribution is -0.142. The quantitative estimate of drug-likeness (QED) is 0.501. The van der Waals surface area contributed by atoms with Crippen LogP contribution in [0.1, 0.15) is 12.8 Å². The maximum absolute atomic E-state index is 10.5. The zero-order chi connectivity index (χ0) is 8.27. The molecule has 1 fully saturated rings. The van der Waals surface area contributed by atoms with Crippen molar-refractivity contribution in [2.24, 2.45) is 11.7 Å². The average Bonchev–Trinajstić information content (AvgIpc) is 2.05. The van der Waals surface area contributed by atoms with Gasteiger partial charge in [0.1, 0.15) is 0 Å². The highest BCUT2D eigenvalue weighted by Gasteiger charge is 2.25. The van der Waals surface area contributed by atoms with E-state index >= 15 is 0 Å². The summed E-state index contributed by atoms with van der Waals surface area (Å²) in [5.74, 6) is -0.880. The topological polar surface area (TPSA) is 75.4 Å². The fraction of sp³-hybridized carbons (Fsp3) is 0.857. The van der Waals surface area contributed by atoms with Crippen LogP contribution >= 0.6 is 0 Å². The monoisotopic (exact) mass is 158 g/mol. The van der Waals surface area contributed by atoms with E-state index < -0.39 is 5.97 Å². The van der Waals surface area contributed by atoms with Crippen LogP contribution in [0.4, 0.5) is 0 Å². The molecule has 0 aromatic rings. The lowest BCUT2D eigenvalue weighted by Crippen LogP contribution is -2.44. The normalized spacial score (nSPS) is 31.7. The van der Waals surface area contributed by atoms with E-state index in [4.69, 9.17) is 10.8 Å². The molecule has 0 amide bonds. The van der Waals surface area contributed by atoms with Gasteiger partial charge in [0.15, 0.2) is 0 Å². The molecule has 64 valence electrons. The Kier molecular flexibility index (Phi) is 2.84. The van der Waals surface area contributed by atoms with Gasteiger partial charge in [0, 0.05) is 12.6 Å². The van der Waals surface area contributed by atoms with Crippen molar-refractivity contribution in [3.63, 3.8) is 0 Å². The first-order chi connectivity index (χ1) is 5.24. The van der Waals surface area contributed by atoms with E-state index in [1.54, 1.807) is 0 Å². The average molecular weight is 158 g/mol. The summed E-state index contributed by atoms with van der Waals surface area (Å²) >= 11 is 0. The van der Waals surface area contributed by atoms with Gasteiger partial charge >= 0.3 is 5.97 Å². The van der Waals surface area contributed by atoms with Crippen LogP contribution in [-0.2, 0) is 4.79 Å². The number of aliphatic carboxylic acids is 1. The Morgan fingerprint density at radius 1 is 1.73 bits per heavy atom. The number of piperidine rings is 1. The molecule has 0 bridgehead atoms. The summed E-state index contributed by atoms with van der Waals surface area (Å²) in [7, 11) is 0. The number of nitrogens with one attached hydrogen (secondary N) is 1. The highest BCUT2D eigenvalue weighted by atomic mass is 16.4. The minimum atomic E-state index is -0.690. The Balaban J connectivity index is 2.39. The van der Waals surface area contributed by atoms with Crippen LogP contribution in [0.15, 0.2) is 0 Å². The second-order valence-electron chi connectivity index (χ2n) is 2.95. The number of carboxylic acids is 1. The molecule has 1 rings (SSSR count). The van der Waals surface area contributed by atoms with Gasteiger partial charge in [0.25, 0.3) is 0 Å². The molecule has 0 saturated carbocycles. The smallest absolute Gasteiger partial charge is 0.306 e. The van der Waals surface area contributed by atoms with Gasteiger partial charge in [0.05, 0.1) is 5.92 Å². The third-order valence-electron chi connectivity index (χ3n) is 2.13. The van der Waals surface area contributed by atoms with E-state index in [1.807, 2.05) is 0 Å². The second-order valence-corrected chi connectivity index (χ2v) is 2.95. The summed E-state index contributed by atoms with van der Waals surface area (Å²) in [4.78, 5) is 10.5. The van der Waals surface area contributed by atoms with E-state index in [1.165, 1.54) is 0 Å². The molecule has 1 aliphatic heterocycles. The predicted molar refractivity (Wildman–Crippen MR) is 41.2 cm³/mol. The van der Waals surface area contributed by atoms with Crippen LogP contribution < -0.4 is 11.1 Å². The van der Waals surface area contributed by atoms with Gasteiger partial charge in [-0.25, -0.2) is 0 Å². The minimum Gasteiger partial charge on any atom is -0.481 e. The van der Waals surface area contributed by atoms with Crippen LogP contribution in [0.5, 0.6) is 0 Å². The Morgan fingerprint density at radius 3 is 3.00 bits per heavy atom. The highest BCUT2D eigenvalue weighted by molar-refractivity contribution is 5.70. The highest BCUT2D eigenvalue weighted by Crippen LogP contribution is 2.15. The van der Waals surface area contributed by atoms with Crippen molar-refractivity contribution < 1.29 is 9.90 Å². The first kappa shape index (κ1) is 8.49. The van der Waals surface area contributed by atoms with Crippen LogP contribution in [0, 0.1) is 5.92 Å². The molecular weight excluding hydrogens is 144 g/mol. The molecule has 1 aliphatic rings. The molecule has 4 N–H and O–H groups in total. The van der Waals surface area contributed by atoms with Gasteiger partial charge in [-0.05, 0) is 19.4 Å². The summed E-state index contributed by atoms with van der Waals surface area (Å²) in [6.45, 7) is 1.31. The third kappa shape index (κ3) is 2.17. The van der Waals surface area contributed by atoms with Gasteiger partial charge < -0.3 is 16.2 Å². The molecule has 2 atom stereocenters. The summed E-state index contributed by atoms with van der Waals surface area (Å²) in [6.07, 6.45) is 1.40. The van der Waals surface area contributed by atoms with Crippen LogP contribution in [0.2, 0.25) is 0 Å². The number of nitrogens with two attached hydrogens (primary N) is 1. The molecule has 4 heteroatoms. The fourth-order valence-corrected chi connectivity index (χ4v) is 1.41. The summed E-state index contributed by atoms with van der Waals surface area (Å²) in [6, 6.07) is 0.199. The molecule has 0 aromatic carbocycles. The molecule has 0 aliphatic carbocycles. The van der Waals surface area contributed by atoms with E-state index in [-0.39, 0.29) is 12.0 Å². The molecular formula is C7H14N2O2. The molecule has 2 unspecified atom stereocenters. The van der Waals surface area contributed by atoms with Gasteiger partial charge in [-0.1, -0.05) is 0 Å².